The summed E-state index contributed by atoms with van der Waals surface area (Å²) in [5, 5.41) is 5.35. The van der Waals surface area contributed by atoms with E-state index in [0.717, 1.165) is 0 Å². The molecule has 176 valence electrons. The molecule has 0 saturated carbocycles. The van der Waals surface area contributed by atoms with Gasteiger partial charge >= 0.3 is 0 Å². The molecule has 0 N–H and O–H groups in total. The summed E-state index contributed by atoms with van der Waals surface area (Å²) in [5.41, 5.74) is 1.22. The van der Waals surface area contributed by atoms with Crippen LogP contribution in [0.2, 0.25) is 0 Å². The van der Waals surface area contributed by atoms with Crippen LogP contribution in [0.1, 0.15) is 26.4 Å². The van der Waals surface area contributed by atoms with E-state index in [0.29, 0.717) is 48.2 Å². The molecule has 8 heteroatoms. The molecule has 4 aromatic rings. The van der Waals surface area contributed by atoms with Crippen molar-refractivity contribution in [2.75, 3.05) is 26.2 Å². The number of amides is 2. The summed E-state index contributed by atoms with van der Waals surface area (Å²) in [4.78, 5) is 42.7. The quantitative estimate of drug-likeness (QED) is 0.460. The third-order valence-corrected chi connectivity index (χ3v) is 6.28. The van der Waals surface area contributed by atoms with Gasteiger partial charge in [0.25, 0.3) is 17.4 Å². The van der Waals surface area contributed by atoms with E-state index in [1.807, 2.05) is 6.07 Å². The molecule has 1 saturated heterocycles. The molecular weight excluding hydrogens is 447 g/mol. The van der Waals surface area contributed by atoms with Gasteiger partial charge in [-0.15, -0.1) is 0 Å². The Labute approximate surface area is 201 Å². The molecule has 35 heavy (non-hydrogen) atoms. The number of carbonyl (C=O) groups excluding carboxylic acids is 2. The van der Waals surface area contributed by atoms with Crippen molar-refractivity contribution in [1.82, 2.24) is 19.6 Å². The van der Waals surface area contributed by atoms with E-state index in [4.69, 9.17) is 0 Å². The molecule has 0 radical (unpaired) electrons. The number of halogens is 1. The van der Waals surface area contributed by atoms with E-state index in [9.17, 15) is 18.8 Å². The molecule has 1 aliphatic heterocycles. The minimum atomic E-state index is -0.420. The Morgan fingerprint density at radius 3 is 2.06 bits per heavy atom. The van der Waals surface area contributed by atoms with Crippen LogP contribution in [0.4, 0.5) is 4.39 Å². The molecule has 7 nitrogen and oxygen atoms in total. The van der Waals surface area contributed by atoms with Gasteiger partial charge in [-0.1, -0.05) is 42.5 Å². The Bertz CT molecular complexity index is 1490. The van der Waals surface area contributed by atoms with Gasteiger partial charge in [0.1, 0.15) is 5.82 Å². The molecule has 1 aliphatic rings. The van der Waals surface area contributed by atoms with Gasteiger partial charge in [-0.2, -0.15) is 9.78 Å². The third kappa shape index (κ3) is 4.19. The van der Waals surface area contributed by atoms with Crippen LogP contribution < -0.4 is 5.56 Å². The highest BCUT2D eigenvalue weighted by atomic mass is 19.1. The van der Waals surface area contributed by atoms with Crippen LogP contribution in [0, 0.1) is 12.7 Å². The second-order valence-electron chi connectivity index (χ2n) is 8.50. The number of carbonyl (C=O) groups is 2. The van der Waals surface area contributed by atoms with Crippen LogP contribution in [0.3, 0.4) is 0 Å². The number of benzene rings is 3. The van der Waals surface area contributed by atoms with Gasteiger partial charge in [0.05, 0.1) is 11.1 Å². The maximum atomic E-state index is 13.9. The zero-order chi connectivity index (χ0) is 24.5. The zero-order valence-electron chi connectivity index (χ0n) is 19.1. The number of aryl methyl sites for hydroxylation is 1. The largest absolute Gasteiger partial charge is 0.335 e. The second kappa shape index (κ2) is 9.13. The highest BCUT2D eigenvalue weighted by Gasteiger charge is 2.28. The first-order chi connectivity index (χ1) is 16.9. The number of hydrogen-bond donors (Lipinski definition) is 0. The van der Waals surface area contributed by atoms with E-state index in [1.54, 1.807) is 77.4 Å². The van der Waals surface area contributed by atoms with Crippen molar-refractivity contribution >= 4 is 22.6 Å². The Balaban J connectivity index is 1.41. The van der Waals surface area contributed by atoms with E-state index < -0.39 is 5.82 Å². The Morgan fingerprint density at radius 2 is 1.40 bits per heavy atom. The average Bonchev–Trinajstić information content (AvgIpc) is 2.90. The van der Waals surface area contributed by atoms with E-state index in [1.165, 1.54) is 10.7 Å². The number of aromatic nitrogens is 2. The fourth-order valence-corrected chi connectivity index (χ4v) is 4.26. The van der Waals surface area contributed by atoms with Gasteiger partial charge in [0, 0.05) is 37.1 Å². The molecule has 0 bridgehead atoms. The minimum absolute atomic E-state index is 0.185. The molecule has 1 fully saturated rings. The Morgan fingerprint density at radius 1 is 0.800 bits per heavy atom. The summed E-state index contributed by atoms with van der Waals surface area (Å²) >= 11 is 0. The van der Waals surface area contributed by atoms with Crippen LogP contribution in [0.15, 0.2) is 77.6 Å². The van der Waals surface area contributed by atoms with Crippen LogP contribution in [-0.2, 0) is 0 Å². The van der Waals surface area contributed by atoms with Crippen molar-refractivity contribution in [3.8, 4) is 5.69 Å². The van der Waals surface area contributed by atoms with Gasteiger partial charge in [-0.05, 0) is 42.8 Å². The van der Waals surface area contributed by atoms with Gasteiger partial charge in [0.15, 0.2) is 5.69 Å². The number of para-hydroxylation sites is 1. The van der Waals surface area contributed by atoms with Crippen molar-refractivity contribution in [3.05, 3.63) is 106 Å². The van der Waals surface area contributed by atoms with Gasteiger partial charge in [0.2, 0.25) is 0 Å². The predicted octanol–water partition coefficient (Wildman–Crippen LogP) is 3.43. The number of piperazine rings is 1. The maximum absolute atomic E-state index is 13.9. The normalized spacial score (nSPS) is 13.8. The number of fused-ring (bicyclic) bond motifs is 1. The van der Waals surface area contributed by atoms with Crippen molar-refractivity contribution in [2.24, 2.45) is 0 Å². The first kappa shape index (κ1) is 22.5. The lowest BCUT2D eigenvalue weighted by Gasteiger charge is -2.34. The van der Waals surface area contributed by atoms with Crippen molar-refractivity contribution < 1.29 is 14.0 Å². The minimum Gasteiger partial charge on any atom is -0.335 e. The monoisotopic (exact) mass is 470 g/mol. The van der Waals surface area contributed by atoms with Crippen LogP contribution in [0.25, 0.3) is 16.5 Å². The van der Waals surface area contributed by atoms with Crippen LogP contribution in [0.5, 0.6) is 0 Å². The lowest BCUT2D eigenvalue weighted by molar-refractivity contribution is 0.0532. The molecule has 2 heterocycles. The molecule has 0 unspecified atom stereocenters. The molecule has 0 spiro atoms. The lowest BCUT2D eigenvalue weighted by atomic mass is 10.1. The van der Waals surface area contributed by atoms with E-state index in [2.05, 4.69) is 5.10 Å². The van der Waals surface area contributed by atoms with E-state index >= 15 is 0 Å². The second-order valence-corrected chi connectivity index (χ2v) is 8.50. The number of rotatable bonds is 3. The highest BCUT2D eigenvalue weighted by Crippen LogP contribution is 2.19. The number of nitrogens with zero attached hydrogens (tertiary/aromatic N) is 4. The SMILES string of the molecule is Cc1ccc(C(=O)N2CCN(C(=O)c3nn(-c4ccccc4)c(=O)c4ccccc34)CC2)cc1F. The fraction of sp³-hybridized carbons (Fsp3) is 0.185. The first-order valence-electron chi connectivity index (χ1n) is 11.4. The molecule has 2 amide bonds. The highest BCUT2D eigenvalue weighted by molar-refractivity contribution is 6.05. The lowest BCUT2D eigenvalue weighted by Crippen LogP contribution is -2.51. The summed E-state index contributed by atoms with van der Waals surface area (Å²) < 4.78 is 15.2. The zero-order valence-corrected chi connectivity index (χ0v) is 19.1. The van der Waals surface area contributed by atoms with Gasteiger partial charge < -0.3 is 9.80 Å². The predicted molar refractivity (Wildman–Crippen MR) is 130 cm³/mol. The summed E-state index contributed by atoms with van der Waals surface area (Å²) in [6, 6.07) is 20.3. The Hall–Kier alpha value is -4.33. The van der Waals surface area contributed by atoms with E-state index in [-0.39, 0.29) is 28.6 Å². The third-order valence-electron chi connectivity index (χ3n) is 6.28. The summed E-state index contributed by atoms with van der Waals surface area (Å²) in [7, 11) is 0. The van der Waals surface area contributed by atoms with Crippen molar-refractivity contribution in [3.63, 3.8) is 0 Å². The summed E-state index contributed by atoms with van der Waals surface area (Å²) in [6.07, 6.45) is 0. The molecular formula is C27H23FN4O3. The van der Waals surface area contributed by atoms with Crippen LogP contribution in [-0.4, -0.2) is 57.6 Å². The van der Waals surface area contributed by atoms with Crippen molar-refractivity contribution in [2.45, 2.75) is 6.92 Å². The Kier molecular flexibility index (Phi) is 5.86. The number of hydrogen-bond acceptors (Lipinski definition) is 4. The molecule has 1 aromatic heterocycles. The molecule has 0 atom stereocenters. The standard InChI is InChI=1S/C27H23FN4O3/c1-18-11-12-19(17-23(18)28)25(33)30-13-15-31(16-14-30)27(35)24-21-9-5-6-10-22(21)26(34)32(29-24)20-7-3-2-4-8-20/h2-12,17H,13-16H2,1H3. The molecule has 0 aliphatic carbocycles. The maximum Gasteiger partial charge on any atom is 0.279 e. The molecule has 3 aromatic carbocycles. The smallest absolute Gasteiger partial charge is 0.279 e. The van der Waals surface area contributed by atoms with Crippen LogP contribution >= 0.6 is 0 Å². The average molecular weight is 471 g/mol. The molecule has 5 rings (SSSR count). The van der Waals surface area contributed by atoms with Gasteiger partial charge in [-0.3, -0.25) is 14.4 Å². The fourth-order valence-electron chi connectivity index (χ4n) is 4.26. The van der Waals surface area contributed by atoms with Gasteiger partial charge in [-0.25, -0.2) is 4.39 Å². The topological polar surface area (TPSA) is 75.5 Å². The van der Waals surface area contributed by atoms with Crippen molar-refractivity contribution in [1.29, 1.82) is 0 Å². The summed E-state index contributed by atoms with van der Waals surface area (Å²) in [6.45, 7) is 2.89. The first-order valence-corrected chi connectivity index (χ1v) is 11.4. The summed E-state index contributed by atoms with van der Waals surface area (Å²) in [5.74, 6) is -0.993.